The number of thiophene rings is 1. The Balaban J connectivity index is 2.08. The van der Waals surface area contributed by atoms with Crippen LogP contribution in [0.4, 0.5) is 0 Å². The molecule has 1 N–H and O–H groups in total. The number of aliphatic hydroxyl groups excluding tert-OH is 1. The van der Waals surface area contributed by atoms with Crippen molar-refractivity contribution in [1.82, 2.24) is 14.5 Å². The van der Waals surface area contributed by atoms with Crippen LogP contribution in [-0.2, 0) is 20.1 Å². The Morgan fingerprint density at radius 1 is 1.47 bits per heavy atom. The van der Waals surface area contributed by atoms with Crippen LogP contribution >= 0.6 is 11.3 Å². The van der Waals surface area contributed by atoms with E-state index in [9.17, 15) is 5.11 Å². The molecule has 0 aromatic carbocycles. The fourth-order valence-electron chi connectivity index (χ4n) is 2.09. The van der Waals surface area contributed by atoms with Gasteiger partial charge in [-0.15, -0.1) is 11.3 Å². The summed E-state index contributed by atoms with van der Waals surface area (Å²) in [6, 6.07) is 2.14. The third-order valence-electron chi connectivity index (χ3n) is 3.16. The summed E-state index contributed by atoms with van der Waals surface area (Å²) in [6.45, 7) is 6.31. The van der Waals surface area contributed by atoms with Crippen LogP contribution in [0.2, 0.25) is 0 Å². The first kappa shape index (κ1) is 14.2. The number of rotatable bonds is 6. The smallest absolute Gasteiger partial charge is 0.0945 e. The second-order valence-electron chi connectivity index (χ2n) is 5.04. The molecule has 19 heavy (non-hydrogen) atoms. The molecule has 0 saturated heterocycles. The molecule has 0 amide bonds. The van der Waals surface area contributed by atoms with E-state index in [1.54, 1.807) is 11.3 Å². The molecule has 1 atom stereocenters. The van der Waals surface area contributed by atoms with E-state index in [1.165, 1.54) is 10.4 Å². The largest absolute Gasteiger partial charge is 0.392 e. The van der Waals surface area contributed by atoms with Gasteiger partial charge in [-0.25, -0.2) is 4.98 Å². The van der Waals surface area contributed by atoms with Crippen molar-refractivity contribution >= 4 is 11.3 Å². The maximum absolute atomic E-state index is 9.66. The predicted molar refractivity (Wildman–Crippen MR) is 78.1 cm³/mol. The van der Waals surface area contributed by atoms with E-state index in [-0.39, 0.29) is 6.10 Å². The zero-order chi connectivity index (χ0) is 13.8. The highest BCUT2D eigenvalue weighted by Gasteiger charge is 2.13. The van der Waals surface area contributed by atoms with Crippen LogP contribution in [0.15, 0.2) is 24.0 Å². The molecule has 2 aromatic heterocycles. The van der Waals surface area contributed by atoms with Gasteiger partial charge in [0.15, 0.2) is 0 Å². The van der Waals surface area contributed by atoms with Crippen molar-refractivity contribution in [3.8, 4) is 0 Å². The van der Waals surface area contributed by atoms with Crippen LogP contribution in [0.25, 0.3) is 0 Å². The molecule has 2 rings (SSSR count). The zero-order valence-corrected chi connectivity index (χ0v) is 12.5. The van der Waals surface area contributed by atoms with E-state index in [4.69, 9.17) is 0 Å². The fraction of sp³-hybridized carbons (Fsp3) is 0.500. The molecule has 2 aromatic rings. The Bertz CT molecular complexity index is 476. The minimum absolute atomic E-state index is 0.325. The lowest BCUT2D eigenvalue weighted by molar-refractivity contribution is 0.117. The molecule has 0 spiro atoms. The van der Waals surface area contributed by atoms with E-state index in [0.29, 0.717) is 6.54 Å². The van der Waals surface area contributed by atoms with E-state index >= 15 is 0 Å². The van der Waals surface area contributed by atoms with Gasteiger partial charge in [0.25, 0.3) is 0 Å². The van der Waals surface area contributed by atoms with Gasteiger partial charge in [0, 0.05) is 37.8 Å². The maximum Gasteiger partial charge on any atom is 0.0945 e. The summed E-state index contributed by atoms with van der Waals surface area (Å²) >= 11 is 1.78. The van der Waals surface area contributed by atoms with Gasteiger partial charge in [0.2, 0.25) is 0 Å². The molecule has 0 radical (unpaired) electrons. The Morgan fingerprint density at radius 2 is 2.26 bits per heavy atom. The molecule has 0 saturated carbocycles. The van der Waals surface area contributed by atoms with Gasteiger partial charge in [-0.2, -0.15) is 0 Å². The van der Waals surface area contributed by atoms with E-state index in [2.05, 4.69) is 28.3 Å². The van der Waals surface area contributed by atoms with Crippen molar-refractivity contribution in [2.75, 3.05) is 6.54 Å². The monoisotopic (exact) mass is 279 g/mol. The Hall–Kier alpha value is -1.17. The minimum atomic E-state index is -0.325. The molecule has 0 aliphatic heterocycles. The normalized spacial score (nSPS) is 13.1. The highest BCUT2D eigenvalue weighted by Crippen LogP contribution is 2.19. The van der Waals surface area contributed by atoms with Crippen molar-refractivity contribution < 1.29 is 5.11 Å². The number of aliphatic hydroxyl groups is 1. The second kappa shape index (κ2) is 6.32. The van der Waals surface area contributed by atoms with Crippen LogP contribution in [0.1, 0.15) is 23.1 Å². The average molecular weight is 279 g/mol. The summed E-state index contributed by atoms with van der Waals surface area (Å²) in [5, 5.41) is 11.8. The summed E-state index contributed by atoms with van der Waals surface area (Å²) in [5.41, 5.74) is 2.49. The lowest BCUT2D eigenvalue weighted by atomic mass is 10.2. The quantitative estimate of drug-likeness (QED) is 0.881. The molecule has 0 bridgehead atoms. The Morgan fingerprint density at radius 3 is 2.79 bits per heavy atom. The van der Waals surface area contributed by atoms with Crippen LogP contribution in [0, 0.1) is 6.92 Å². The van der Waals surface area contributed by atoms with Crippen molar-refractivity contribution in [3.63, 3.8) is 0 Å². The molecule has 2 heterocycles. The SMILES string of the molecule is Cc1ccsc1CN(Cc1cncn1C)C[C@H](C)O. The van der Waals surface area contributed by atoms with Crippen molar-refractivity contribution in [2.24, 2.45) is 7.05 Å². The average Bonchev–Trinajstić information content (AvgIpc) is 2.89. The van der Waals surface area contributed by atoms with Crippen LogP contribution < -0.4 is 0 Å². The molecular formula is C14H21N3OS. The van der Waals surface area contributed by atoms with Crippen molar-refractivity contribution in [1.29, 1.82) is 0 Å². The number of hydrogen-bond acceptors (Lipinski definition) is 4. The number of aromatic nitrogens is 2. The number of aryl methyl sites for hydroxylation is 2. The number of nitrogens with zero attached hydrogens (tertiary/aromatic N) is 3. The Kier molecular flexibility index (Phi) is 4.74. The van der Waals surface area contributed by atoms with Gasteiger partial charge in [-0.3, -0.25) is 4.90 Å². The molecule has 0 aliphatic carbocycles. The van der Waals surface area contributed by atoms with Gasteiger partial charge in [0.05, 0.1) is 18.1 Å². The van der Waals surface area contributed by atoms with Crippen LogP contribution in [0.5, 0.6) is 0 Å². The lowest BCUT2D eigenvalue weighted by Gasteiger charge is -2.23. The third kappa shape index (κ3) is 3.89. The Labute approximate surface area is 118 Å². The summed E-state index contributed by atoms with van der Waals surface area (Å²) in [5.74, 6) is 0. The lowest BCUT2D eigenvalue weighted by Crippen LogP contribution is -2.30. The molecule has 0 unspecified atom stereocenters. The first-order chi connectivity index (χ1) is 9.06. The number of hydrogen-bond donors (Lipinski definition) is 1. The fourth-order valence-corrected chi connectivity index (χ4v) is 3.04. The minimum Gasteiger partial charge on any atom is -0.392 e. The summed E-state index contributed by atoms with van der Waals surface area (Å²) in [6.07, 6.45) is 3.37. The van der Waals surface area contributed by atoms with Crippen molar-refractivity contribution in [3.05, 3.63) is 40.1 Å². The van der Waals surface area contributed by atoms with Gasteiger partial charge < -0.3 is 9.67 Å². The topological polar surface area (TPSA) is 41.3 Å². The zero-order valence-electron chi connectivity index (χ0n) is 11.7. The third-order valence-corrected chi connectivity index (χ3v) is 4.17. The first-order valence-corrected chi connectivity index (χ1v) is 7.33. The first-order valence-electron chi connectivity index (χ1n) is 6.45. The highest BCUT2D eigenvalue weighted by molar-refractivity contribution is 7.10. The summed E-state index contributed by atoms with van der Waals surface area (Å²) in [7, 11) is 2.00. The van der Waals surface area contributed by atoms with E-state index < -0.39 is 0 Å². The number of imidazole rings is 1. The van der Waals surface area contributed by atoms with Crippen molar-refractivity contribution in [2.45, 2.75) is 33.0 Å². The van der Waals surface area contributed by atoms with E-state index in [1.807, 2.05) is 31.1 Å². The summed E-state index contributed by atoms with van der Waals surface area (Å²) in [4.78, 5) is 7.77. The predicted octanol–water partition coefficient (Wildman–Crippen LogP) is 2.17. The summed E-state index contributed by atoms with van der Waals surface area (Å²) < 4.78 is 2.02. The van der Waals surface area contributed by atoms with Gasteiger partial charge in [-0.05, 0) is 30.9 Å². The van der Waals surface area contributed by atoms with Gasteiger partial charge in [-0.1, -0.05) is 0 Å². The molecule has 4 nitrogen and oxygen atoms in total. The second-order valence-corrected chi connectivity index (χ2v) is 6.04. The molecule has 0 aliphatic rings. The standard InChI is InChI=1S/C14H21N3OS/c1-11-4-5-19-14(11)9-17(7-12(2)18)8-13-6-15-10-16(13)3/h4-6,10,12,18H,7-9H2,1-3H3/t12-/m0/s1. The highest BCUT2D eigenvalue weighted by atomic mass is 32.1. The van der Waals surface area contributed by atoms with E-state index in [0.717, 1.165) is 18.8 Å². The maximum atomic E-state index is 9.66. The van der Waals surface area contributed by atoms with Crippen LogP contribution in [0.3, 0.4) is 0 Å². The molecule has 104 valence electrons. The van der Waals surface area contributed by atoms with Gasteiger partial charge >= 0.3 is 0 Å². The van der Waals surface area contributed by atoms with Crippen LogP contribution in [-0.4, -0.2) is 32.2 Å². The van der Waals surface area contributed by atoms with Gasteiger partial charge in [0.1, 0.15) is 0 Å². The molecule has 5 heteroatoms. The molecule has 0 fully saturated rings. The molecular weight excluding hydrogens is 258 g/mol.